The van der Waals surface area contributed by atoms with Gasteiger partial charge in [0.05, 0.1) is 10.6 Å². The molecule has 2 saturated carbocycles. The fourth-order valence-corrected chi connectivity index (χ4v) is 4.30. The standard InChI is InChI=1S/C12H16ClNS/c13-9-7-10(12(14)5-6-12)15-11(9)8-3-1-2-4-8/h7-8H,1-6,14H2. The van der Waals surface area contributed by atoms with Gasteiger partial charge < -0.3 is 5.73 Å². The molecule has 3 rings (SSSR count). The van der Waals surface area contributed by atoms with Crippen LogP contribution < -0.4 is 5.73 Å². The second kappa shape index (κ2) is 3.47. The Morgan fingerprint density at radius 3 is 2.60 bits per heavy atom. The monoisotopic (exact) mass is 241 g/mol. The Labute approximate surface area is 99.6 Å². The lowest BCUT2D eigenvalue weighted by molar-refractivity contribution is 0.738. The summed E-state index contributed by atoms with van der Waals surface area (Å²) in [5, 5.41) is 0.971. The largest absolute Gasteiger partial charge is 0.321 e. The number of rotatable bonds is 2. The van der Waals surface area contributed by atoms with Crippen molar-refractivity contribution in [1.29, 1.82) is 0 Å². The van der Waals surface area contributed by atoms with Gasteiger partial charge in [-0.3, -0.25) is 0 Å². The van der Waals surface area contributed by atoms with E-state index in [1.807, 2.05) is 11.3 Å². The smallest absolute Gasteiger partial charge is 0.0551 e. The van der Waals surface area contributed by atoms with Crippen LogP contribution in [0.5, 0.6) is 0 Å². The Morgan fingerprint density at radius 2 is 2.00 bits per heavy atom. The van der Waals surface area contributed by atoms with Crippen LogP contribution in [0, 0.1) is 0 Å². The van der Waals surface area contributed by atoms with E-state index >= 15 is 0 Å². The van der Waals surface area contributed by atoms with Gasteiger partial charge in [-0.2, -0.15) is 0 Å². The predicted octanol–water partition coefficient (Wildman–Crippen LogP) is 4.01. The lowest BCUT2D eigenvalue weighted by atomic mass is 10.1. The predicted molar refractivity (Wildman–Crippen MR) is 65.6 cm³/mol. The molecular formula is C12H16ClNS. The molecule has 0 aromatic carbocycles. The molecule has 1 aromatic rings. The van der Waals surface area contributed by atoms with Gasteiger partial charge in [-0.15, -0.1) is 11.3 Å². The maximum absolute atomic E-state index is 6.31. The molecule has 2 aliphatic rings. The molecule has 0 radical (unpaired) electrons. The van der Waals surface area contributed by atoms with Gasteiger partial charge in [-0.25, -0.2) is 0 Å². The highest BCUT2D eigenvalue weighted by atomic mass is 35.5. The first-order chi connectivity index (χ1) is 7.19. The fourth-order valence-electron chi connectivity index (χ4n) is 2.48. The van der Waals surface area contributed by atoms with Crippen LogP contribution in [0.4, 0.5) is 0 Å². The molecule has 0 saturated heterocycles. The van der Waals surface area contributed by atoms with Crippen LogP contribution >= 0.6 is 22.9 Å². The summed E-state index contributed by atoms with van der Waals surface area (Å²) in [6, 6.07) is 2.12. The molecule has 82 valence electrons. The normalized spacial score (nSPS) is 24.7. The van der Waals surface area contributed by atoms with E-state index in [0.29, 0.717) is 0 Å². The molecule has 2 aliphatic carbocycles. The molecule has 0 spiro atoms. The van der Waals surface area contributed by atoms with E-state index in [1.54, 1.807) is 0 Å². The number of hydrogen-bond acceptors (Lipinski definition) is 2. The van der Waals surface area contributed by atoms with Gasteiger partial charge in [0.25, 0.3) is 0 Å². The third-order valence-corrected chi connectivity index (χ3v) is 5.66. The van der Waals surface area contributed by atoms with E-state index in [0.717, 1.165) is 23.8 Å². The highest BCUT2D eigenvalue weighted by Gasteiger charge is 2.42. The van der Waals surface area contributed by atoms with Crippen molar-refractivity contribution in [2.24, 2.45) is 5.73 Å². The molecule has 0 amide bonds. The van der Waals surface area contributed by atoms with Crippen LogP contribution in [0.15, 0.2) is 6.07 Å². The lowest BCUT2D eigenvalue weighted by Crippen LogP contribution is -2.16. The summed E-state index contributed by atoms with van der Waals surface area (Å²) >= 11 is 8.18. The van der Waals surface area contributed by atoms with Gasteiger partial charge in [-0.05, 0) is 37.7 Å². The summed E-state index contributed by atoms with van der Waals surface area (Å²) < 4.78 is 0. The van der Waals surface area contributed by atoms with E-state index in [9.17, 15) is 0 Å². The maximum atomic E-state index is 6.31. The van der Waals surface area contributed by atoms with Crippen molar-refractivity contribution < 1.29 is 0 Å². The van der Waals surface area contributed by atoms with E-state index in [1.165, 1.54) is 35.4 Å². The molecular weight excluding hydrogens is 226 g/mol. The topological polar surface area (TPSA) is 26.0 Å². The van der Waals surface area contributed by atoms with Crippen molar-refractivity contribution in [1.82, 2.24) is 0 Å². The molecule has 1 nitrogen and oxygen atoms in total. The van der Waals surface area contributed by atoms with E-state index < -0.39 is 0 Å². The van der Waals surface area contributed by atoms with Crippen molar-refractivity contribution in [3.63, 3.8) is 0 Å². The molecule has 0 aliphatic heterocycles. The van der Waals surface area contributed by atoms with E-state index in [-0.39, 0.29) is 5.54 Å². The molecule has 0 bridgehead atoms. The van der Waals surface area contributed by atoms with Crippen molar-refractivity contribution in [2.75, 3.05) is 0 Å². The van der Waals surface area contributed by atoms with Gasteiger partial charge >= 0.3 is 0 Å². The first kappa shape index (κ1) is 10.1. The summed E-state index contributed by atoms with van der Waals surface area (Å²) in [4.78, 5) is 2.72. The number of hydrogen-bond donors (Lipinski definition) is 1. The van der Waals surface area contributed by atoms with Crippen LogP contribution in [-0.4, -0.2) is 0 Å². The molecule has 1 aromatic heterocycles. The van der Waals surface area contributed by atoms with Crippen LogP contribution in [0.3, 0.4) is 0 Å². The molecule has 2 fully saturated rings. The van der Waals surface area contributed by atoms with Crippen molar-refractivity contribution >= 4 is 22.9 Å². The average molecular weight is 242 g/mol. The first-order valence-electron chi connectivity index (χ1n) is 5.78. The zero-order valence-corrected chi connectivity index (χ0v) is 10.3. The summed E-state index contributed by atoms with van der Waals surface area (Å²) in [5.74, 6) is 0.721. The van der Waals surface area contributed by atoms with Crippen LogP contribution in [0.1, 0.15) is 54.2 Å². The van der Waals surface area contributed by atoms with Crippen LogP contribution in [0.25, 0.3) is 0 Å². The molecule has 3 heteroatoms. The minimum absolute atomic E-state index is 0.00877. The molecule has 2 N–H and O–H groups in total. The highest BCUT2D eigenvalue weighted by Crippen LogP contribution is 2.50. The summed E-state index contributed by atoms with van der Waals surface area (Å²) in [7, 11) is 0. The molecule has 1 heterocycles. The van der Waals surface area contributed by atoms with Gasteiger partial charge in [0.1, 0.15) is 0 Å². The zero-order chi connectivity index (χ0) is 10.5. The first-order valence-corrected chi connectivity index (χ1v) is 6.97. The summed E-state index contributed by atoms with van der Waals surface area (Å²) in [6.07, 6.45) is 7.63. The second-order valence-electron chi connectivity index (χ2n) is 4.96. The summed E-state index contributed by atoms with van der Waals surface area (Å²) in [5.41, 5.74) is 6.19. The summed E-state index contributed by atoms with van der Waals surface area (Å²) in [6.45, 7) is 0. The van der Waals surface area contributed by atoms with Crippen molar-refractivity contribution in [2.45, 2.75) is 50.0 Å². The maximum Gasteiger partial charge on any atom is 0.0551 e. The van der Waals surface area contributed by atoms with Gasteiger partial charge in [-0.1, -0.05) is 24.4 Å². The second-order valence-corrected chi connectivity index (χ2v) is 6.45. The lowest BCUT2D eigenvalue weighted by Gasteiger charge is -2.07. The zero-order valence-electron chi connectivity index (χ0n) is 8.76. The van der Waals surface area contributed by atoms with Gasteiger partial charge in [0.2, 0.25) is 0 Å². The molecule has 15 heavy (non-hydrogen) atoms. The van der Waals surface area contributed by atoms with Gasteiger partial charge in [0, 0.05) is 9.75 Å². The Bertz CT molecular complexity index is 375. The Kier molecular flexibility index (Phi) is 2.35. The number of halogens is 1. The fraction of sp³-hybridized carbons (Fsp3) is 0.667. The van der Waals surface area contributed by atoms with E-state index in [4.69, 9.17) is 17.3 Å². The van der Waals surface area contributed by atoms with E-state index in [2.05, 4.69) is 6.07 Å². The molecule has 0 unspecified atom stereocenters. The minimum Gasteiger partial charge on any atom is -0.321 e. The highest BCUT2D eigenvalue weighted by molar-refractivity contribution is 7.13. The number of nitrogens with two attached hydrogens (primary N) is 1. The van der Waals surface area contributed by atoms with Crippen LogP contribution in [-0.2, 0) is 5.54 Å². The minimum atomic E-state index is -0.00877. The molecule has 0 atom stereocenters. The third-order valence-electron chi connectivity index (χ3n) is 3.72. The quantitative estimate of drug-likeness (QED) is 0.832. The Balaban J connectivity index is 1.91. The average Bonchev–Trinajstić information content (AvgIpc) is 2.71. The SMILES string of the molecule is NC1(c2cc(Cl)c(C3CCCC3)s2)CC1. The van der Waals surface area contributed by atoms with Crippen molar-refractivity contribution in [3.8, 4) is 0 Å². The Morgan fingerprint density at radius 1 is 1.33 bits per heavy atom. The Hall–Kier alpha value is -0.0500. The third kappa shape index (κ3) is 1.73. The van der Waals surface area contributed by atoms with Gasteiger partial charge in [0.15, 0.2) is 0 Å². The number of thiophene rings is 1. The van der Waals surface area contributed by atoms with Crippen molar-refractivity contribution in [3.05, 3.63) is 20.8 Å². The van der Waals surface area contributed by atoms with Crippen LogP contribution in [0.2, 0.25) is 5.02 Å².